The second kappa shape index (κ2) is 5.48. The molecular weight excluding hydrogens is 283 g/mol. The molecule has 1 aliphatic carbocycles. The summed E-state index contributed by atoms with van der Waals surface area (Å²) in [5.74, 6) is -3.74. The molecule has 7 heteroatoms. The highest BCUT2D eigenvalue weighted by Gasteiger charge is 2.28. The van der Waals surface area contributed by atoms with Crippen LogP contribution in [0.1, 0.15) is 37.5 Å². The molecular formula is C14H14F3N3O. The Morgan fingerprint density at radius 3 is 2.43 bits per heavy atom. The van der Waals surface area contributed by atoms with Crippen LogP contribution in [0.4, 0.5) is 13.2 Å². The monoisotopic (exact) mass is 297 g/mol. The van der Waals surface area contributed by atoms with Crippen LogP contribution in [0, 0.1) is 17.5 Å². The van der Waals surface area contributed by atoms with Gasteiger partial charge in [-0.15, -0.1) is 0 Å². The van der Waals surface area contributed by atoms with Crippen LogP contribution in [0.2, 0.25) is 0 Å². The maximum absolute atomic E-state index is 13.2. The number of nitrogens with two attached hydrogens (primary N) is 1. The van der Waals surface area contributed by atoms with E-state index in [0.29, 0.717) is 5.89 Å². The molecule has 112 valence electrons. The Morgan fingerprint density at radius 1 is 1.10 bits per heavy atom. The average molecular weight is 297 g/mol. The molecule has 0 amide bonds. The quantitative estimate of drug-likeness (QED) is 0.865. The number of nitrogens with zero attached hydrogens (tertiary/aromatic N) is 2. The highest BCUT2D eigenvalue weighted by molar-refractivity contribution is 5.54. The van der Waals surface area contributed by atoms with Crippen LogP contribution in [-0.4, -0.2) is 16.2 Å². The van der Waals surface area contributed by atoms with Gasteiger partial charge in [0, 0.05) is 11.6 Å². The number of halogens is 3. The van der Waals surface area contributed by atoms with Crippen molar-refractivity contribution in [2.24, 2.45) is 5.73 Å². The van der Waals surface area contributed by atoms with E-state index in [1.54, 1.807) is 0 Å². The first-order chi connectivity index (χ1) is 10.1. The van der Waals surface area contributed by atoms with E-state index in [2.05, 4.69) is 10.1 Å². The number of hydrogen-bond donors (Lipinski definition) is 1. The molecule has 2 atom stereocenters. The van der Waals surface area contributed by atoms with Crippen molar-refractivity contribution in [2.75, 3.05) is 0 Å². The first-order valence-corrected chi connectivity index (χ1v) is 6.80. The Hall–Kier alpha value is -1.89. The second-order valence-electron chi connectivity index (χ2n) is 5.26. The lowest BCUT2D eigenvalue weighted by molar-refractivity contribution is 0.290. The summed E-state index contributed by atoms with van der Waals surface area (Å²) >= 11 is 0. The third-order valence-corrected chi connectivity index (χ3v) is 3.82. The Bertz CT molecular complexity index is 636. The van der Waals surface area contributed by atoms with Gasteiger partial charge in [-0.25, -0.2) is 13.2 Å². The molecule has 1 heterocycles. The van der Waals surface area contributed by atoms with E-state index in [4.69, 9.17) is 10.3 Å². The van der Waals surface area contributed by atoms with E-state index < -0.39 is 17.5 Å². The molecule has 0 radical (unpaired) electrons. The van der Waals surface area contributed by atoms with Gasteiger partial charge in [-0.1, -0.05) is 18.0 Å². The summed E-state index contributed by atoms with van der Waals surface area (Å²) in [6.07, 6.45) is 3.81. The van der Waals surface area contributed by atoms with Crippen LogP contribution in [-0.2, 0) is 0 Å². The van der Waals surface area contributed by atoms with Crippen molar-refractivity contribution in [3.63, 3.8) is 0 Å². The molecule has 1 aliphatic rings. The highest BCUT2D eigenvalue weighted by Crippen LogP contribution is 2.32. The maximum Gasteiger partial charge on any atom is 0.231 e. The van der Waals surface area contributed by atoms with Crippen LogP contribution < -0.4 is 5.73 Å². The number of benzene rings is 1. The molecule has 2 unspecified atom stereocenters. The van der Waals surface area contributed by atoms with E-state index in [1.165, 1.54) is 0 Å². The Morgan fingerprint density at radius 2 is 1.76 bits per heavy atom. The molecule has 0 saturated heterocycles. The number of rotatable bonds is 2. The average Bonchev–Trinajstić information content (AvgIpc) is 2.94. The zero-order valence-electron chi connectivity index (χ0n) is 11.2. The summed E-state index contributed by atoms with van der Waals surface area (Å²) in [5.41, 5.74) is 6.06. The summed E-state index contributed by atoms with van der Waals surface area (Å²) in [7, 11) is 0. The minimum Gasteiger partial charge on any atom is -0.339 e. The molecule has 1 fully saturated rings. The van der Waals surface area contributed by atoms with Crippen molar-refractivity contribution in [3.05, 3.63) is 35.5 Å². The first kappa shape index (κ1) is 14.1. The lowest BCUT2D eigenvalue weighted by Gasteiger charge is -2.25. The van der Waals surface area contributed by atoms with Crippen LogP contribution in [0.15, 0.2) is 16.7 Å². The minimum atomic E-state index is -1.52. The van der Waals surface area contributed by atoms with Gasteiger partial charge in [-0.05, 0) is 25.0 Å². The van der Waals surface area contributed by atoms with Gasteiger partial charge in [0.2, 0.25) is 11.7 Å². The first-order valence-electron chi connectivity index (χ1n) is 6.80. The molecule has 1 saturated carbocycles. The van der Waals surface area contributed by atoms with Crippen molar-refractivity contribution in [1.29, 1.82) is 0 Å². The molecule has 2 N–H and O–H groups in total. The fraction of sp³-hybridized carbons (Fsp3) is 0.429. The standard InChI is InChI=1S/C14H14F3N3O/c15-9-5-7(6-10(16)12(9)17)13-19-14(21-20-13)8-3-1-2-4-11(8)18/h5-6,8,11H,1-4,18H2. The van der Waals surface area contributed by atoms with E-state index in [9.17, 15) is 13.2 Å². The highest BCUT2D eigenvalue weighted by atomic mass is 19.2. The lowest BCUT2D eigenvalue weighted by atomic mass is 9.85. The van der Waals surface area contributed by atoms with Crippen molar-refractivity contribution >= 4 is 0 Å². The summed E-state index contributed by atoms with van der Waals surface area (Å²) in [4.78, 5) is 4.15. The molecule has 3 rings (SSSR count). The van der Waals surface area contributed by atoms with Gasteiger partial charge in [-0.3, -0.25) is 0 Å². The summed E-state index contributed by atoms with van der Waals surface area (Å²) in [6.45, 7) is 0. The van der Waals surface area contributed by atoms with Crippen molar-refractivity contribution in [1.82, 2.24) is 10.1 Å². The molecule has 0 aliphatic heterocycles. The van der Waals surface area contributed by atoms with E-state index in [0.717, 1.165) is 37.8 Å². The fourth-order valence-electron chi connectivity index (χ4n) is 2.65. The summed E-state index contributed by atoms with van der Waals surface area (Å²) < 4.78 is 44.6. The van der Waals surface area contributed by atoms with Gasteiger partial charge in [0.1, 0.15) is 0 Å². The summed E-state index contributed by atoms with van der Waals surface area (Å²) in [6, 6.07) is 1.62. The largest absolute Gasteiger partial charge is 0.339 e. The predicted molar refractivity (Wildman–Crippen MR) is 68.8 cm³/mol. The number of aromatic nitrogens is 2. The zero-order valence-corrected chi connectivity index (χ0v) is 11.2. The lowest BCUT2D eigenvalue weighted by Crippen LogP contribution is -2.31. The van der Waals surface area contributed by atoms with Gasteiger partial charge in [0.05, 0.1) is 5.92 Å². The predicted octanol–water partition coefficient (Wildman–Crippen LogP) is 3.14. The zero-order chi connectivity index (χ0) is 15.0. The van der Waals surface area contributed by atoms with Gasteiger partial charge in [0.15, 0.2) is 17.5 Å². The van der Waals surface area contributed by atoms with E-state index in [-0.39, 0.29) is 23.3 Å². The van der Waals surface area contributed by atoms with Crippen LogP contribution >= 0.6 is 0 Å². The van der Waals surface area contributed by atoms with Gasteiger partial charge >= 0.3 is 0 Å². The third-order valence-electron chi connectivity index (χ3n) is 3.82. The van der Waals surface area contributed by atoms with Crippen LogP contribution in [0.5, 0.6) is 0 Å². The van der Waals surface area contributed by atoms with Gasteiger partial charge < -0.3 is 10.3 Å². The van der Waals surface area contributed by atoms with Gasteiger partial charge in [0.25, 0.3) is 0 Å². The fourth-order valence-corrected chi connectivity index (χ4v) is 2.65. The SMILES string of the molecule is NC1CCCCC1c1nc(-c2cc(F)c(F)c(F)c2)no1. The summed E-state index contributed by atoms with van der Waals surface area (Å²) in [5, 5.41) is 3.71. The van der Waals surface area contributed by atoms with Crippen molar-refractivity contribution in [2.45, 2.75) is 37.6 Å². The van der Waals surface area contributed by atoms with Crippen LogP contribution in [0.25, 0.3) is 11.4 Å². The third kappa shape index (κ3) is 2.65. The molecule has 1 aromatic carbocycles. The molecule has 0 bridgehead atoms. The molecule has 0 spiro atoms. The Labute approximate surface area is 119 Å². The van der Waals surface area contributed by atoms with E-state index >= 15 is 0 Å². The number of hydrogen-bond acceptors (Lipinski definition) is 4. The van der Waals surface area contributed by atoms with E-state index in [1.807, 2.05) is 0 Å². The normalized spacial score (nSPS) is 22.5. The minimum absolute atomic E-state index is 0.0283. The second-order valence-corrected chi connectivity index (χ2v) is 5.26. The van der Waals surface area contributed by atoms with Gasteiger partial charge in [-0.2, -0.15) is 4.98 Å². The molecule has 2 aromatic rings. The Kier molecular flexibility index (Phi) is 3.67. The van der Waals surface area contributed by atoms with Crippen molar-refractivity contribution in [3.8, 4) is 11.4 Å². The van der Waals surface area contributed by atoms with Crippen molar-refractivity contribution < 1.29 is 17.7 Å². The molecule has 1 aromatic heterocycles. The molecule has 4 nitrogen and oxygen atoms in total. The van der Waals surface area contributed by atoms with Crippen LogP contribution in [0.3, 0.4) is 0 Å². The molecule has 21 heavy (non-hydrogen) atoms. The smallest absolute Gasteiger partial charge is 0.231 e. The maximum atomic E-state index is 13.2. The topological polar surface area (TPSA) is 64.9 Å². The Balaban J connectivity index is 1.91.